The molecular weight excluding hydrogens is 380 g/mol. The van der Waals surface area contributed by atoms with Crippen LogP contribution in [0.3, 0.4) is 0 Å². The summed E-state index contributed by atoms with van der Waals surface area (Å²) in [6.45, 7) is 1.56. The molecule has 0 radical (unpaired) electrons. The van der Waals surface area contributed by atoms with Gasteiger partial charge < -0.3 is 10.1 Å². The molecule has 1 aliphatic carbocycles. The maximum atomic E-state index is 12.4. The predicted octanol–water partition coefficient (Wildman–Crippen LogP) is 4.45. The molecule has 0 saturated heterocycles. The molecule has 5 nitrogen and oxygen atoms in total. The number of nitrogens with zero attached hydrogens (tertiary/aromatic N) is 1. The third-order valence-corrected chi connectivity index (χ3v) is 6.75. The average molecular weight is 403 g/mol. The van der Waals surface area contributed by atoms with E-state index in [4.69, 9.17) is 4.74 Å². The van der Waals surface area contributed by atoms with Crippen molar-refractivity contribution in [2.24, 2.45) is 0 Å². The number of thiophene rings is 2. The van der Waals surface area contributed by atoms with Crippen molar-refractivity contribution in [3.05, 3.63) is 38.4 Å². The molecule has 0 spiro atoms. The summed E-state index contributed by atoms with van der Waals surface area (Å²) in [6, 6.07) is 6.15. The Bertz CT molecular complexity index is 849. The number of esters is 1. The Morgan fingerprint density at radius 2 is 2.15 bits per heavy atom. The molecular formula is C20H22N2O3S2. The molecule has 1 atom stereocenters. The van der Waals surface area contributed by atoms with E-state index in [0.717, 1.165) is 36.1 Å². The molecule has 0 aliphatic heterocycles. The lowest BCUT2D eigenvalue weighted by Crippen LogP contribution is -2.30. The normalized spacial score (nSPS) is 14.5. The molecule has 3 rings (SSSR count). The van der Waals surface area contributed by atoms with Crippen LogP contribution >= 0.6 is 22.7 Å². The summed E-state index contributed by atoms with van der Waals surface area (Å²) in [5, 5.41) is 14.9. The largest absolute Gasteiger partial charge is 0.453 e. The molecule has 0 saturated carbocycles. The van der Waals surface area contributed by atoms with E-state index in [2.05, 4.69) is 11.4 Å². The number of anilines is 1. The fraction of sp³-hybridized carbons (Fsp3) is 0.450. The smallest absolute Gasteiger partial charge is 0.306 e. The van der Waals surface area contributed by atoms with Crippen LogP contribution in [0.5, 0.6) is 0 Å². The lowest BCUT2D eigenvalue weighted by atomic mass is 10.1. The molecule has 0 bridgehead atoms. The summed E-state index contributed by atoms with van der Waals surface area (Å²) in [6.07, 6.45) is 5.17. The number of hydrogen-bond donors (Lipinski definition) is 1. The summed E-state index contributed by atoms with van der Waals surface area (Å²) in [5.74, 6) is -0.791. The van der Waals surface area contributed by atoms with Crippen molar-refractivity contribution in [3.63, 3.8) is 0 Å². The number of carbonyl (C=O) groups is 2. The molecule has 1 N–H and O–H groups in total. The van der Waals surface area contributed by atoms with Gasteiger partial charge in [0.1, 0.15) is 11.1 Å². The standard InChI is InChI=1S/C20H22N2O3S2/c1-13(25-18(23)10-9-14-6-5-11-26-14)19(24)22-20-16(12-21)15-7-3-2-4-8-17(15)27-20/h5-6,11,13H,2-4,7-10H2,1H3,(H,22,24)/t13-/m0/s1. The number of aryl methyl sites for hydroxylation is 2. The van der Waals surface area contributed by atoms with Gasteiger partial charge in [0.2, 0.25) is 0 Å². The number of ether oxygens (including phenoxy) is 1. The second-order valence-corrected chi connectivity index (χ2v) is 8.72. The van der Waals surface area contributed by atoms with Crippen molar-refractivity contribution in [2.75, 3.05) is 5.32 Å². The Morgan fingerprint density at radius 1 is 1.33 bits per heavy atom. The Morgan fingerprint density at radius 3 is 2.89 bits per heavy atom. The Kier molecular flexibility index (Phi) is 6.64. The average Bonchev–Trinajstić information content (AvgIpc) is 3.22. The van der Waals surface area contributed by atoms with Gasteiger partial charge in [-0.05, 0) is 56.0 Å². The van der Waals surface area contributed by atoms with E-state index in [-0.39, 0.29) is 6.42 Å². The van der Waals surface area contributed by atoms with Gasteiger partial charge >= 0.3 is 5.97 Å². The van der Waals surface area contributed by atoms with Gasteiger partial charge in [0.25, 0.3) is 5.91 Å². The summed E-state index contributed by atoms with van der Waals surface area (Å²) in [4.78, 5) is 26.7. The Labute approximate surface area is 167 Å². The number of rotatable bonds is 6. The van der Waals surface area contributed by atoms with Crippen LogP contribution in [0.15, 0.2) is 17.5 Å². The van der Waals surface area contributed by atoms with Crippen LogP contribution in [-0.2, 0) is 33.6 Å². The SMILES string of the molecule is C[C@H](OC(=O)CCc1cccs1)C(=O)Nc1sc2c(c1C#N)CCCCC2. The minimum Gasteiger partial charge on any atom is -0.453 e. The minimum absolute atomic E-state index is 0.245. The monoisotopic (exact) mass is 402 g/mol. The van der Waals surface area contributed by atoms with Crippen LogP contribution in [0, 0.1) is 11.3 Å². The lowest BCUT2D eigenvalue weighted by Gasteiger charge is -2.13. The highest BCUT2D eigenvalue weighted by Crippen LogP contribution is 2.37. The minimum atomic E-state index is -0.894. The van der Waals surface area contributed by atoms with Crippen LogP contribution in [0.4, 0.5) is 5.00 Å². The lowest BCUT2D eigenvalue weighted by molar-refractivity contribution is -0.153. The number of fused-ring (bicyclic) bond motifs is 1. The van der Waals surface area contributed by atoms with E-state index in [1.807, 2.05) is 17.5 Å². The van der Waals surface area contributed by atoms with Gasteiger partial charge in [-0.1, -0.05) is 12.5 Å². The summed E-state index contributed by atoms with van der Waals surface area (Å²) < 4.78 is 5.25. The van der Waals surface area contributed by atoms with Gasteiger partial charge in [-0.2, -0.15) is 5.26 Å². The van der Waals surface area contributed by atoms with E-state index in [0.29, 0.717) is 17.0 Å². The van der Waals surface area contributed by atoms with Crippen molar-refractivity contribution in [1.82, 2.24) is 0 Å². The number of nitrogens with one attached hydrogen (secondary N) is 1. The molecule has 0 unspecified atom stereocenters. The number of nitriles is 1. The van der Waals surface area contributed by atoms with Crippen molar-refractivity contribution in [3.8, 4) is 6.07 Å². The third kappa shape index (κ3) is 4.96. The maximum Gasteiger partial charge on any atom is 0.306 e. The van der Waals surface area contributed by atoms with Crippen molar-refractivity contribution >= 4 is 39.6 Å². The van der Waals surface area contributed by atoms with E-state index < -0.39 is 18.0 Å². The van der Waals surface area contributed by atoms with Crippen LogP contribution in [-0.4, -0.2) is 18.0 Å². The number of amides is 1. The number of hydrogen-bond acceptors (Lipinski definition) is 6. The molecule has 2 aromatic rings. The van der Waals surface area contributed by atoms with Crippen LogP contribution < -0.4 is 5.32 Å². The Balaban J connectivity index is 1.58. The first-order chi connectivity index (χ1) is 13.1. The molecule has 1 aliphatic rings. The van der Waals surface area contributed by atoms with Gasteiger partial charge in [-0.25, -0.2) is 0 Å². The van der Waals surface area contributed by atoms with Crippen LogP contribution in [0.1, 0.15) is 53.5 Å². The van der Waals surface area contributed by atoms with Crippen molar-refractivity contribution in [2.45, 2.75) is 58.0 Å². The van der Waals surface area contributed by atoms with Gasteiger partial charge in [0, 0.05) is 9.75 Å². The number of carbonyl (C=O) groups excluding carboxylic acids is 2. The first-order valence-electron chi connectivity index (χ1n) is 9.16. The Hall–Kier alpha value is -2.17. The highest BCUT2D eigenvalue weighted by molar-refractivity contribution is 7.16. The summed E-state index contributed by atoms with van der Waals surface area (Å²) in [7, 11) is 0. The molecule has 2 heterocycles. The van der Waals surface area contributed by atoms with Gasteiger partial charge in [-0.3, -0.25) is 9.59 Å². The van der Waals surface area contributed by atoms with E-state index in [9.17, 15) is 14.9 Å². The zero-order chi connectivity index (χ0) is 19.2. The molecule has 2 aromatic heterocycles. The van der Waals surface area contributed by atoms with E-state index in [1.165, 1.54) is 22.6 Å². The molecule has 0 fully saturated rings. The fourth-order valence-corrected chi connectivity index (χ4v) is 5.10. The third-order valence-electron chi connectivity index (χ3n) is 4.60. The predicted molar refractivity (Wildman–Crippen MR) is 107 cm³/mol. The quantitative estimate of drug-likeness (QED) is 0.572. The van der Waals surface area contributed by atoms with Gasteiger partial charge in [0.15, 0.2) is 6.10 Å². The maximum absolute atomic E-state index is 12.4. The van der Waals surface area contributed by atoms with Crippen molar-refractivity contribution < 1.29 is 14.3 Å². The summed E-state index contributed by atoms with van der Waals surface area (Å²) in [5.41, 5.74) is 1.65. The molecule has 1 amide bonds. The van der Waals surface area contributed by atoms with E-state index >= 15 is 0 Å². The highest BCUT2D eigenvalue weighted by Gasteiger charge is 2.24. The van der Waals surface area contributed by atoms with Gasteiger partial charge in [-0.15, -0.1) is 22.7 Å². The molecule has 142 valence electrons. The topological polar surface area (TPSA) is 79.2 Å². The molecule has 0 aromatic carbocycles. The highest BCUT2D eigenvalue weighted by atomic mass is 32.1. The zero-order valence-electron chi connectivity index (χ0n) is 15.2. The fourth-order valence-electron chi connectivity index (χ4n) is 3.15. The van der Waals surface area contributed by atoms with Crippen LogP contribution in [0.2, 0.25) is 0 Å². The van der Waals surface area contributed by atoms with Crippen molar-refractivity contribution in [1.29, 1.82) is 5.26 Å². The second-order valence-electron chi connectivity index (χ2n) is 6.58. The van der Waals surface area contributed by atoms with Gasteiger partial charge in [0.05, 0.1) is 12.0 Å². The first kappa shape index (κ1) is 19.6. The van der Waals surface area contributed by atoms with E-state index in [1.54, 1.807) is 18.3 Å². The molecule has 27 heavy (non-hydrogen) atoms. The first-order valence-corrected chi connectivity index (χ1v) is 10.9. The molecule has 7 heteroatoms. The summed E-state index contributed by atoms with van der Waals surface area (Å²) >= 11 is 3.07. The zero-order valence-corrected chi connectivity index (χ0v) is 16.9. The second kappa shape index (κ2) is 9.16. The van der Waals surface area contributed by atoms with Crippen LogP contribution in [0.25, 0.3) is 0 Å².